The molecule has 0 radical (unpaired) electrons. The van der Waals surface area contributed by atoms with Crippen molar-refractivity contribution in [2.45, 2.75) is 32.6 Å². The first kappa shape index (κ1) is 14.6. The van der Waals surface area contributed by atoms with Crippen molar-refractivity contribution < 1.29 is 4.79 Å². The molecule has 0 atom stereocenters. The molecule has 0 bridgehead atoms. The Labute approximate surface area is 120 Å². The van der Waals surface area contributed by atoms with Gasteiger partial charge in [0.05, 0.1) is 0 Å². The molecule has 1 fully saturated rings. The molecule has 110 valence electrons. The van der Waals surface area contributed by atoms with Crippen LogP contribution in [0, 0.1) is 5.92 Å². The van der Waals surface area contributed by atoms with Crippen molar-refractivity contribution in [3.05, 3.63) is 18.2 Å². The standard InChI is InChI=1S/C15H24N4O/c1-2-8-17-14-4-3-5-15(18-14)19-9-6-12(7-10-19)11-13(16)20/h3-5,12H,2,6-11H2,1H3,(H2,16,20)(H,17,18). The predicted octanol–water partition coefficient (Wildman–Crippen LogP) is 2.00. The van der Waals surface area contributed by atoms with Crippen LogP contribution in [0.5, 0.6) is 0 Å². The van der Waals surface area contributed by atoms with Gasteiger partial charge in [-0.3, -0.25) is 4.79 Å². The van der Waals surface area contributed by atoms with E-state index in [1.54, 1.807) is 0 Å². The van der Waals surface area contributed by atoms with E-state index >= 15 is 0 Å². The van der Waals surface area contributed by atoms with Crippen LogP contribution in [0.4, 0.5) is 11.6 Å². The predicted molar refractivity (Wildman–Crippen MR) is 81.8 cm³/mol. The van der Waals surface area contributed by atoms with Gasteiger partial charge in [-0.1, -0.05) is 13.0 Å². The fraction of sp³-hybridized carbons (Fsp3) is 0.600. The van der Waals surface area contributed by atoms with E-state index in [9.17, 15) is 4.79 Å². The van der Waals surface area contributed by atoms with Gasteiger partial charge in [-0.05, 0) is 37.3 Å². The van der Waals surface area contributed by atoms with Crippen molar-refractivity contribution in [2.24, 2.45) is 11.7 Å². The third-order valence-electron chi connectivity index (χ3n) is 3.72. The lowest BCUT2D eigenvalue weighted by atomic mass is 9.93. The molecule has 20 heavy (non-hydrogen) atoms. The van der Waals surface area contributed by atoms with Gasteiger partial charge in [-0.25, -0.2) is 4.98 Å². The summed E-state index contributed by atoms with van der Waals surface area (Å²) in [5.74, 6) is 2.20. The zero-order valence-electron chi connectivity index (χ0n) is 12.1. The monoisotopic (exact) mass is 276 g/mol. The third kappa shape index (κ3) is 4.11. The van der Waals surface area contributed by atoms with Gasteiger partial charge in [0.25, 0.3) is 0 Å². The number of carbonyl (C=O) groups is 1. The fourth-order valence-electron chi connectivity index (χ4n) is 2.60. The Kier molecular flexibility index (Phi) is 5.21. The van der Waals surface area contributed by atoms with Crippen molar-refractivity contribution >= 4 is 17.5 Å². The molecule has 1 aliphatic heterocycles. The summed E-state index contributed by atoms with van der Waals surface area (Å²) >= 11 is 0. The Morgan fingerprint density at radius 2 is 2.20 bits per heavy atom. The second-order valence-electron chi connectivity index (χ2n) is 5.41. The lowest BCUT2D eigenvalue weighted by Gasteiger charge is -2.32. The maximum atomic E-state index is 11.0. The number of primary amides is 1. The Hall–Kier alpha value is -1.78. The molecule has 1 aromatic rings. The summed E-state index contributed by atoms with van der Waals surface area (Å²) in [6.45, 7) is 4.97. The Bertz CT molecular complexity index is 441. The fourth-order valence-corrected chi connectivity index (χ4v) is 2.60. The van der Waals surface area contributed by atoms with E-state index in [4.69, 9.17) is 5.73 Å². The maximum Gasteiger partial charge on any atom is 0.217 e. The average molecular weight is 276 g/mol. The van der Waals surface area contributed by atoms with E-state index in [0.29, 0.717) is 12.3 Å². The van der Waals surface area contributed by atoms with Crippen molar-refractivity contribution in [1.29, 1.82) is 0 Å². The van der Waals surface area contributed by atoms with Crippen LogP contribution in [0.1, 0.15) is 32.6 Å². The van der Waals surface area contributed by atoms with E-state index in [2.05, 4.69) is 22.1 Å². The average Bonchev–Trinajstić information content (AvgIpc) is 2.45. The Morgan fingerprint density at radius 3 is 2.85 bits per heavy atom. The van der Waals surface area contributed by atoms with Crippen molar-refractivity contribution in [3.8, 4) is 0 Å². The third-order valence-corrected chi connectivity index (χ3v) is 3.72. The topological polar surface area (TPSA) is 71.2 Å². The van der Waals surface area contributed by atoms with Gasteiger partial charge in [0.15, 0.2) is 0 Å². The zero-order valence-corrected chi connectivity index (χ0v) is 12.1. The highest BCUT2D eigenvalue weighted by Gasteiger charge is 2.21. The molecule has 5 heteroatoms. The van der Waals surface area contributed by atoms with E-state index in [-0.39, 0.29) is 5.91 Å². The molecule has 5 nitrogen and oxygen atoms in total. The minimum atomic E-state index is -0.188. The van der Waals surface area contributed by atoms with Gasteiger partial charge in [0, 0.05) is 26.1 Å². The normalized spacial score (nSPS) is 16.1. The van der Waals surface area contributed by atoms with Gasteiger partial charge in [-0.15, -0.1) is 0 Å². The summed E-state index contributed by atoms with van der Waals surface area (Å²) in [6, 6.07) is 6.08. The molecule has 0 aliphatic carbocycles. The van der Waals surface area contributed by atoms with Gasteiger partial charge in [0.2, 0.25) is 5.91 Å². The van der Waals surface area contributed by atoms with Crippen LogP contribution >= 0.6 is 0 Å². The minimum Gasteiger partial charge on any atom is -0.370 e. The van der Waals surface area contributed by atoms with Crippen LogP contribution in [0.2, 0.25) is 0 Å². The molecule has 1 saturated heterocycles. The summed E-state index contributed by atoms with van der Waals surface area (Å²) in [5.41, 5.74) is 5.26. The number of nitrogens with zero attached hydrogens (tertiary/aromatic N) is 2. The van der Waals surface area contributed by atoms with Gasteiger partial charge in [-0.2, -0.15) is 0 Å². The minimum absolute atomic E-state index is 0.188. The Balaban J connectivity index is 1.91. The Morgan fingerprint density at radius 1 is 1.45 bits per heavy atom. The van der Waals surface area contributed by atoms with Crippen molar-refractivity contribution in [2.75, 3.05) is 29.9 Å². The zero-order chi connectivity index (χ0) is 14.4. The first-order valence-corrected chi connectivity index (χ1v) is 7.43. The molecule has 2 heterocycles. The lowest BCUT2D eigenvalue weighted by Crippen LogP contribution is -2.35. The molecular weight excluding hydrogens is 252 g/mol. The number of aromatic nitrogens is 1. The van der Waals surface area contributed by atoms with E-state index in [1.807, 2.05) is 18.2 Å². The molecule has 1 aliphatic rings. The number of hydrogen-bond acceptors (Lipinski definition) is 4. The number of rotatable bonds is 6. The molecule has 0 unspecified atom stereocenters. The highest BCUT2D eigenvalue weighted by molar-refractivity contribution is 5.74. The molecular formula is C15H24N4O. The molecule has 0 spiro atoms. The molecule has 2 rings (SSSR count). The number of piperidine rings is 1. The van der Waals surface area contributed by atoms with Crippen molar-refractivity contribution in [1.82, 2.24) is 4.98 Å². The summed E-state index contributed by atoms with van der Waals surface area (Å²) in [7, 11) is 0. The number of nitrogens with one attached hydrogen (secondary N) is 1. The highest BCUT2D eigenvalue weighted by Crippen LogP contribution is 2.24. The number of hydrogen-bond donors (Lipinski definition) is 2. The van der Waals surface area contributed by atoms with Crippen LogP contribution in [0.3, 0.4) is 0 Å². The van der Waals surface area contributed by atoms with Crippen molar-refractivity contribution in [3.63, 3.8) is 0 Å². The summed E-state index contributed by atoms with van der Waals surface area (Å²) in [5, 5.41) is 3.31. The first-order chi connectivity index (χ1) is 9.69. The number of carbonyl (C=O) groups excluding carboxylic acids is 1. The van der Waals surface area contributed by atoms with Gasteiger partial charge < -0.3 is 16.0 Å². The number of pyridine rings is 1. The quantitative estimate of drug-likeness (QED) is 0.833. The van der Waals surface area contributed by atoms with E-state index in [0.717, 1.165) is 50.5 Å². The van der Waals surface area contributed by atoms with Crippen LogP contribution in [0.15, 0.2) is 18.2 Å². The summed E-state index contributed by atoms with van der Waals surface area (Å²) in [6.07, 6.45) is 3.62. The molecule has 1 amide bonds. The van der Waals surface area contributed by atoms with Crippen LogP contribution in [-0.2, 0) is 4.79 Å². The maximum absolute atomic E-state index is 11.0. The molecule has 0 aromatic carbocycles. The number of amides is 1. The SMILES string of the molecule is CCCNc1cccc(N2CCC(CC(N)=O)CC2)n1. The smallest absolute Gasteiger partial charge is 0.217 e. The number of anilines is 2. The van der Waals surface area contributed by atoms with Gasteiger partial charge >= 0.3 is 0 Å². The van der Waals surface area contributed by atoms with Crippen LogP contribution < -0.4 is 16.0 Å². The lowest BCUT2D eigenvalue weighted by molar-refractivity contribution is -0.119. The highest BCUT2D eigenvalue weighted by atomic mass is 16.1. The molecule has 1 aromatic heterocycles. The van der Waals surface area contributed by atoms with Crippen LogP contribution in [0.25, 0.3) is 0 Å². The first-order valence-electron chi connectivity index (χ1n) is 7.43. The van der Waals surface area contributed by atoms with E-state index < -0.39 is 0 Å². The molecule has 3 N–H and O–H groups in total. The largest absolute Gasteiger partial charge is 0.370 e. The summed E-state index contributed by atoms with van der Waals surface area (Å²) < 4.78 is 0. The second kappa shape index (κ2) is 7.12. The second-order valence-corrected chi connectivity index (χ2v) is 5.41. The number of nitrogens with two attached hydrogens (primary N) is 1. The van der Waals surface area contributed by atoms with Gasteiger partial charge in [0.1, 0.15) is 11.6 Å². The van der Waals surface area contributed by atoms with E-state index in [1.165, 1.54) is 0 Å². The molecule has 0 saturated carbocycles. The summed E-state index contributed by atoms with van der Waals surface area (Å²) in [4.78, 5) is 17.9. The van der Waals surface area contributed by atoms with Crippen LogP contribution in [-0.4, -0.2) is 30.5 Å².